The molecular formula is C26H35Cl2N3O4S. The highest BCUT2D eigenvalue weighted by molar-refractivity contribution is 7.92. The lowest BCUT2D eigenvalue weighted by Gasteiger charge is -2.30. The number of benzene rings is 2. The molecule has 0 saturated carbocycles. The van der Waals surface area contributed by atoms with Gasteiger partial charge >= 0.3 is 0 Å². The minimum Gasteiger partial charge on any atom is -0.354 e. The molecule has 0 saturated heterocycles. The van der Waals surface area contributed by atoms with Gasteiger partial charge in [0.25, 0.3) is 0 Å². The molecule has 1 unspecified atom stereocenters. The van der Waals surface area contributed by atoms with E-state index in [9.17, 15) is 18.0 Å². The van der Waals surface area contributed by atoms with Crippen molar-refractivity contribution < 1.29 is 18.0 Å². The van der Waals surface area contributed by atoms with Gasteiger partial charge in [0, 0.05) is 36.1 Å². The van der Waals surface area contributed by atoms with E-state index in [0.717, 1.165) is 11.8 Å². The summed E-state index contributed by atoms with van der Waals surface area (Å²) in [5.41, 5.74) is 1.97. The van der Waals surface area contributed by atoms with E-state index < -0.39 is 16.1 Å². The molecule has 0 aliphatic heterocycles. The molecule has 2 aromatic carbocycles. The molecule has 0 aliphatic rings. The van der Waals surface area contributed by atoms with E-state index in [1.165, 1.54) is 9.21 Å². The number of anilines is 1. The number of nitrogens with one attached hydrogen (secondary N) is 1. The Hall–Kier alpha value is -2.29. The Morgan fingerprint density at radius 1 is 1.03 bits per heavy atom. The number of halogens is 2. The van der Waals surface area contributed by atoms with Crippen molar-refractivity contribution in [1.82, 2.24) is 10.2 Å². The van der Waals surface area contributed by atoms with Crippen LogP contribution in [0, 0.1) is 12.8 Å². The summed E-state index contributed by atoms with van der Waals surface area (Å²) in [6.45, 7) is 8.29. The van der Waals surface area contributed by atoms with Crippen molar-refractivity contribution >= 4 is 50.7 Å². The van der Waals surface area contributed by atoms with Gasteiger partial charge in [-0.3, -0.25) is 13.9 Å². The maximum Gasteiger partial charge on any atom is 0.242 e. The zero-order chi connectivity index (χ0) is 27.0. The number of amides is 2. The minimum absolute atomic E-state index is 0.0705. The van der Waals surface area contributed by atoms with Crippen LogP contribution in [0.2, 0.25) is 10.0 Å². The lowest BCUT2D eigenvalue weighted by Crippen LogP contribution is -2.48. The first-order valence-electron chi connectivity index (χ1n) is 11.9. The number of carbonyl (C=O) groups is 2. The Kier molecular flexibility index (Phi) is 11.1. The highest BCUT2D eigenvalue weighted by Gasteiger charge is 2.27. The van der Waals surface area contributed by atoms with Crippen LogP contribution in [-0.2, 0) is 26.2 Å². The fraction of sp³-hybridized carbons (Fsp3) is 0.462. The van der Waals surface area contributed by atoms with Crippen molar-refractivity contribution in [2.45, 2.75) is 53.1 Å². The average Bonchev–Trinajstić information content (AvgIpc) is 2.80. The van der Waals surface area contributed by atoms with Crippen molar-refractivity contribution in [1.29, 1.82) is 0 Å². The molecule has 10 heteroatoms. The molecular weight excluding hydrogens is 521 g/mol. The molecule has 2 rings (SSSR count). The van der Waals surface area contributed by atoms with Crippen LogP contribution in [0.5, 0.6) is 0 Å². The molecule has 2 amide bonds. The van der Waals surface area contributed by atoms with Crippen LogP contribution >= 0.6 is 23.2 Å². The molecule has 0 aromatic heterocycles. The summed E-state index contributed by atoms with van der Waals surface area (Å²) in [7, 11) is -3.60. The van der Waals surface area contributed by atoms with Crippen molar-refractivity contribution in [3.8, 4) is 0 Å². The normalized spacial score (nSPS) is 12.3. The Morgan fingerprint density at radius 2 is 1.67 bits per heavy atom. The predicted octanol–water partition coefficient (Wildman–Crippen LogP) is 5.04. The summed E-state index contributed by atoms with van der Waals surface area (Å²) in [6.07, 6.45) is 1.47. The maximum atomic E-state index is 13.3. The van der Waals surface area contributed by atoms with Gasteiger partial charge in [0.05, 0.1) is 11.9 Å². The SMILES string of the molecule is Cc1c(Cl)cccc1N(CCCC(=O)N(Cc1ccc(Cl)cc1)C(C)C(=O)NCC(C)C)S(C)(=O)=O. The van der Waals surface area contributed by atoms with Crippen molar-refractivity contribution in [2.75, 3.05) is 23.7 Å². The van der Waals surface area contributed by atoms with Gasteiger partial charge in [0.1, 0.15) is 6.04 Å². The van der Waals surface area contributed by atoms with Gasteiger partial charge in [-0.1, -0.05) is 55.2 Å². The average molecular weight is 557 g/mol. The lowest BCUT2D eigenvalue weighted by atomic mass is 10.1. The van der Waals surface area contributed by atoms with E-state index in [1.54, 1.807) is 44.2 Å². The van der Waals surface area contributed by atoms with Gasteiger partial charge in [0.2, 0.25) is 21.8 Å². The molecule has 1 atom stereocenters. The van der Waals surface area contributed by atoms with Crippen LogP contribution in [0.4, 0.5) is 5.69 Å². The Balaban J connectivity index is 2.19. The van der Waals surface area contributed by atoms with Gasteiger partial charge in [0.15, 0.2) is 0 Å². The summed E-state index contributed by atoms with van der Waals surface area (Å²) in [5.74, 6) is -0.203. The Labute approximate surface area is 224 Å². The van der Waals surface area contributed by atoms with Gasteiger partial charge in [-0.25, -0.2) is 8.42 Å². The standard InChI is InChI=1S/C26H35Cl2N3O4S/c1-18(2)16-29-26(33)20(4)30(17-21-11-13-22(27)14-12-21)25(32)10-7-15-31(36(5,34)35)24-9-6-8-23(28)19(24)3/h6,8-9,11-14,18,20H,7,10,15-17H2,1-5H3,(H,29,33). The van der Waals surface area contributed by atoms with Crippen LogP contribution in [0.1, 0.15) is 44.7 Å². The largest absolute Gasteiger partial charge is 0.354 e. The first kappa shape index (κ1) is 29.9. The van der Waals surface area contributed by atoms with E-state index in [2.05, 4.69) is 5.32 Å². The fourth-order valence-electron chi connectivity index (χ4n) is 3.67. The number of hydrogen-bond acceptors (Lipinski definition) is 4. The second-order valence-corrected chi connectivity index (χ2v) is 12.0. The van der Waals surface area contributed by atoms with Crippen LogP contribution in [0.3, 0.4) is 0 Å². The molecule has 1 N–H and O–H groups in total. The number of sulfonamides is 1. The molecule has 36 heavy (non-hydrogen) atoms. The zero-order valence-corrected chi connectivity index (χ0v) is 23.8. The van der Waals surface area contributed by atoms with Crippen LogP contribution < -0.4 is 9.62 Å². The molecule has 7 nitrogen and oxygen atoms in total. The summed E-state index contributed by atoms with van der Waals surface area (Å²) >= 11 is 12.2. The highest BCUT2D eigenvalue weighted by atomic mass is 35.5. The van der Waals surface area contributed by atoms with Gasteiger partial charge in [-0.15, -0.1) is 0 Å². The van der Waals surface area contributed by atoms with Gasteiger partial charge < -0.3 is 10.2 Å². The molecule has 0 spiro atoms. The summed E-state index contributed by atoms with van der Waals surface area (Å²) in [6, 6.07) is 11.5. The van der Waals surface area contributed by atoms with E-state index >= 15 is 0 Å². The molecule has 2 aromatic rings. The smallest absolute Gasteiger partial charge is 0.242 e. The fourth-order valence-corrected chi connectivity index (χ4v) is 4.98. The first-order chi connectivity index (χ1) is 16.8. The third-order valence-electron chi connectivity index (χ3n) is 5.78. The van der Waals surface area contributed by atoms with E-state index in [-0.39, 0.29) is 43.7 Å². The van der Waals surface area contributed by atoms with E-state index in [0.29, 0.717) is 27.8 Å². The highest BCUT2D eigenvalue weighted by Crippen LogP contribution is 2.28. The first-order valence-corrected chi connectivity index (χ1v) is 14.5. The van der Waals surface area contributed by atoms with Crippen LogP contribution in [-0.4, -0.2) is 50.5 Å². The third kappa shape index (κ3) is 8.68. The molecule has 0 radical (unpaired) electrons. The Morgan fingerprint density at radius 3 is 2.25 bits per heavy atom. The second kappa shape index (κ2) is 13.3. The van der Waals surface area contributed by atoms with E-state index in [4.69, 9.17) is 23.2 Å². The summed E-state index contributed by atoms with van der Waals surface area (Å²) < 4.78 is 26.3. The van der Waals surface area contributed by atoms with Crippen molar-refractivity contribution in [2.24, 2.45) is 5.92 Å². The number of rotatable bonds is 12. The van der Waals surface area contributed by atoms with E-state index in [1.807, 2.05) is 26.0 Å². The Bertz CT molecular complexity index is 1150. The van der Waals surface area contributed by atoms with Crippen molar-refractivity contribution in [3.05, 3.63) is 63.6 Å². The monoisotopic (exact) mass is 555 g/mol. The maximum absolute atomic E-state index is 13.3. The topological polar surface area (TPSA) is 86.8 Å². The number of hydrogen-bond donors (Lipinski definition) is 1. The summed E-state index contributed by atoms with van der Waals surface area (Å²) in [4.78, 5) is 27.6. The molecule has 0 aliphatic carbocycles. The quantitative estimate of drug-likeness (QED) is 0.397. The van der Waals surface area contributed by atoms with Gasteiger partial charge in [-0.05, 0) is 61.6 Å². The predicted molar refractivity (Wildman–Crippen MR) is 147 cm³/mol. The van der Waals surface area contributed by atoms with Crippen LogP contribution in [0.25, 0.3) is 0 Å². The van der Waals surface area contributed by atoms with Crippen molar-refractivity contribution in [3.63, 3.8) is 0 Å². The molecule has 198 valence electrons. The number of carbonyl (C=O) groups excluding carboxylic acids is 2. The second-order valence-electron chi connectivity index (χ2n) is 9.29. The third-order valence-corrected chi connectivity index (χ3v) is 7.62. The molecule has 0 heterocycles. The molecule has 0 bridgehead atoms. The minimum atomic E-state index is -3.60. The summed E-state index contributed by atoms with van der Waals surface area (Å²) in [5, 5.41) is 3.93. The number of nitrogens with zero attached hydrogens (tertiary/aromatic N) is 2. The zero-order valence-electron chi connectivity index (χ0n) is 21.4. The lowest BCUT2D eigenvalue weighted by molar-refractivity contribution is -0.140. The molecule has 0 fully saturated rings. The van der Waals surface area contributed by atoms with Gasteiger partial charge in [-0.2, -0.15) is 0 Å². The van der Waals surface area contributed by atoms with Crippen LogP contribution in [0.15, 0.2) is 42.5 Å².